The van der Waals surface area contributed by atoms with Gasteiger partial charge in [0, 0.05) is 26.2 Å². The number of nitrogens with two attached hydrogens (primary N) is 1. The highest BCUT2D eigenvalue weighted by molar-refractivity contribution is 5.83. The van der Waals surface area contributed by atoms with Crippen molar-refractivity contribution < 1.29 is 18.9 Å². The second-order valence-electron chi connectivity index (χ2n) is 4.54. The van der Waals surface area contributed by atoms with Crippen LogP contribution in [0.3, 0.4) is 0 Å². The summed E-state index contributed by atoms with van der Waals surface area (Å²) in [4.78, 5) is 4.26. The third-order valence-electron chi connectivity index (χ3n) is 3.14. The van der Waals surface area contributed by atoms with Crippen LogP contribution in [0.1, 0.15) is 11.1 Å². The van der Waals surface area contributed by atoms with Crippen LogP contribution in [0, 0.1) is 6.92 Å². The second kappa shape index (κ2) is 8.49. The fourth-order valence-electron chi connectivity index (χ4n) is 1.94. The van der Waals surface area contributed by atoms with Crippen molar-refractivity contribution >= 4 is 5.84 Å². The SMILES string of the molecule is COc1cc(CC(N)=NCC(OC)OC)c(OC)cc1C. The number of methoxy groups -OCH3 is 4. The van der Waals surface area contributed by atoms with Crippen LogP contribution in [0.25, 0.3) is 0 Å². The number of amidine groups is 1. The Morgan fingerprint density at radius 1 is 1.10 bits per heavy atom. The van der Waals surface area contributed by atoms with E-state index >= 15 is 0 Å². The van der Waals surface area contributed by atoms with Gasteiger partial charge in [-0.3, -0.25) is 4.99 Å². The van der Waals surface area contributed by atoms with Gasteiger partial charge in [-0.25, -0.2) is 0 Å². The molecule has 0 heterocycles. The quantitative estimate of drug-likeness (QED) is 0.447. The highest BCUT2D eigenvalue weighted by Crippen LogP contribution is 2.28. The Labute approximate surface area is 125 Å². The summed E-state index contributed by atoms with van der Waals surface area (Å²) >= 11 is 0. The fraction of sp³-hybridized carbons (Fsp3) is 0.533. The highest BCUT2D eigenvalue weighted by Gasteiger charge is 2.11. The monoisotopic (exact) mass is 296 g/mol. The molecule has 0 spiro atoms. The van der Waals surface area contributed by atoms with E-state index < -0.39 is 6.29 Å². The molecule has 6 heteroatoms. The lowest BCUT2D eigenvalue weighted by molar-refractivity contribution is -0.0937. The largest absolute Gasteiger partial charge is 0.496 e. The van der Waals surface area contributed by atoms with E-state index in [1.807, 2.05) is 19.1 Å². The van der Waals surface area contributed by atoms with Crippen molar-refractivity contribution in [1.29, 1.82) is 0 Å². The molecule has 0 atom stereocenters. The van der Waals surface area contributed by atoms with Crippen molar-refractivity contribution in [2.24, 2.45) is 10.7 Å². The van der Waals surface area contributed by atoms with Gasteiger partial charge in [-0.2, -0.15) is 0 Å². The summed E-state index contributed by atoms with van der Waals surface area (Å²) in [5, 5.41) is 0. The van der Waals surface area contributed by atoms with Crippen LogP contribution in [-0.2, 0) is 15.9 Å². The molecule has 0 aliphatic rings. The number of aliphatic imine (C=N–C) groups is 1. The maximum Gasteiger partial charge on any atom is 0.176 e. The molecule has 0 fully saturated rings. The molecular weight excluding hydrogens is 272 g/mol. The lowest BCUT2D eigenvalue weighted by Gasteiger charge is -2.14. The van der Waals surface area contributed by atoms with Crippen molar-refractivity contribution in [1.82, 2.24) is 0 Å². The standard InChI is InChI=1S/C15H24N2O4/c1-10-6-13(19-3)11(7-12(10)18-2)8-14(16)17-9-15(20-4)21-5/h6-7,15H,8-9H2,1-5H3,(H2,16,17). The van der Waals surface area contributed by atoms with Crippen molar-refractivity contribution in [2.45, 2.75) is 19.6 Å². The minimum atomic E-state index is -0.391. The zero-order chi connectivity index (χ0) is 15.8. The van der Waals surface area contributed by atoms with Crippen LogP contribution in [0.5, 0.6) is 11.5 Å². The van der Waals surface area contributed by atoms with E-state index in [1.165, 1.54) is 0 Å². The first-order valence-corrected chi connectivity index (χ1v) is 6.61. The molecule has 0 unspecified atom stereocenters. The van der Waals surface area contributed by atoms with Gasteiger partial charge < -0.3 is 24.7 Å². The molecule has 0 aliphatic heterocycles. The van der Waals surface area contributed by atoms with Crippen LogP contribution < -0.4 is 15.2 Å². The second-order valence-corrected chi connectivity index (χ2v) is 4.54. The van der Waals surface area contributed by atoms with Gasteiger partial charge in [0.15, 0.2) is 6.29 Å². The minimum Gasteiger partial charge on any atom is -0.496 e. The summed E-state index contributed by atoms with van der Waals surface area (Å²) < 4.78 is 20.8. The molecule has 0 aliphatic carbocycles. The molecule has 2 N–H and O–H groups in total. The van der Waals surface area contributed by atoms with Crippen molar-refractivity contribution in [3.8, 4) is 11.5 Å². The van der Waals surface area contributed by atoms with Gasteiger partial charge in [0.05, 0.1) is 26.6 Å². The van der Waals surface area contributed by atoms with Gasteiger partial charge >= 0.3 is 0 Å². The molecular formula is C15H24N2O4. The Bertz CT molecular complexity index is 485. The van der Waals surface area contributed by atoms with Gasteiger partial charge in [0.2, 0.25) is 0 Å². The van der Waals surface area contributed by atoms with Gasteiger partial charge in [0.1, 0.15) is 11.5 Å². The molecule has 0 aromatic heterocycles. The molecule has 1 rings (SSSR count). The van der Waals surface area contributed by atoms with E-state index in [0.29, 0.717) is 18.8 Å². The summed E-state index contributed by atoms with van der Waals surface area (Å²) in [5.41, 5.74) is 7.89. The minimum absolute atomic E-state index is 0.351. The van der Waals surface area contributed by atoms with Crippen LogP contribution in [0.15, 0.2) is 17.1 Å². The van der Waals surface area contributed by atoms with E-state index in [9.17, 15) is 0 Å². The smallest absolute Gasteiger partial charge is 0.176 e. The number of nitrogens with zero attached hydrogens (tertiary/aromatic N) is 1. The first kappa shape index (κ1) is 17.3. The molecule has 1 aromatic carbocycles. The zero-order valence-corrected chi connectivity index (χ0v) is 13.3. The van der Waals surface area contributed by atoms with Crippen molar-refractivity contribution in [3.63, 3.8) is 0 Å². The number of rotatable bonds is 8. The van der Waals surface area contributed by atoms with Crippen LogP contribution in [0.2, 0.25) is 0 Å². The summed E-state index contributed by atoms with van der Waals surface area (Å²) in [6, 6.07) is 3.84. The highest BCUT2D eigenvalue weighted by atomic mass is 16.7. The summed E-state index contributed by atoms with van der Waals surface area (Å²) in [5.74, 6) is 2.05. The predicted octanol–water partition coefficient (Wildman–Crippen LogP) is 1.53. The van der Waals surface area contributed by atoms with Crippen molar-refractivity contribution in [3.05, 3.63) is 23.3 Å². The third-order valence-corrected chi connectivity index (χ3v) is 3.14. The molecule has 6 nitrogen and oxygen atoms in total. The molecule has 1 aromatic rings. The van der Waals surface area contributed by atoms with Gasteiger partial charge in [-0.1, -0.05) is 0 Å². The summed E-state index contributed by atoms with van der Waals surface area (Å²) in [6.45, 7) is 2.31. The Morgan fingerprint density at radius 2 is 1.71 bits per heavy atom. The first-order valence-electron chi connectivity index (χ1n) is 6.61. The maximum absolute atomic E-state index is 5.96. The van der Waals surface area contributed by atoms with E-state index in [-0.39, 0.29) is 0 Å². The van der Waals surface area contributed by atoms with Crippen molar-refractivity contribution in [2.75, 3.05) is 35.0 Å². The fourth-order valence-corrected chi connectivity index (χ4v) is 1.94. The van der Waals surface area contributed by atoms with Crippen LogP contribution in [-0.4, -0.2) is 47.1 Å². The number of hydrogen-bond donors (Lipinski definition) is 1. The number of aryl methyl sites for hydroxylation is 1. The number of benzene rings is 1. The number of ether oxygens (including phenoxy) is 4. The first-order chi connectivity index (χ1) is 10.0. The molecule has 0 bridgehead atoms. The molecule has 0 saturated carbocycles. The average Bonchev–Trinajstić information content (AvgIpc) is 2.49. The molecule has 0 radical (unpaired) electrons. The zero-order valence-electron chi connectivity index (χ0n) is 13.3. The average molecular weight is 296 g/mol. The Kier molecular flexibility index (Phi) is 6.98. The molecule has 21 heavy (non-hydrogen) atoms. The Hall–Kier alpha value is -1.79. The normalized spacial score (nSPS) is 11.8. The van der Waals surface area contributed by atoms with E-state index in [2.05, 4.69) is 4.99 Å². The van der Waals surface area contributed by atoms with E-state index in [4.69, 9.17) is 24.7 Å². The number of hydrogen-bond acceptors (Lipinski definition) is 5. The van der Waals surface area contributed by atoms with Gasteiger partial charge in [-0.05, 0) is 24.6 Å². The Morgan fingerprint density at radius 3 is 2.24 bits per heavy atom. The molecule has 118 valence electrons. The Balaban J connectivity index is 2.88. The predicted molar refractivity (Wildman–Crippen MR) is 82.3 cm³/mol. The lowest BCUT2D eigenvalue weighted by atomic mass is 10.1. The molecule has 0 saturated heterocycles. The van der Waals surface area contributed by atoms with Crippen LogP contribution in [0.4, 0.5) is 0 Å². The van der Waals surface area contributed by atoms with E-state index in [0.717, 1.165) is 22.6 Å². The third kappa shape index (κ3) is 4.91. The summed E-state index contributed by atoms with van der Waals surface area (Å²) in [7, 11) is 6.39. The topological polar surface area (TPSA) is 75.3 Å². The van der Waals surface area contributed by atoms with Crippen LogP contribution >= 0.6 is 0 Å². The maximum atomic E-state index is 5.96. The van der Waals surface area contributed by atoms with E-state index in [1.54, 1.807) is 28.4 Å². The van der Waals surface area contributed by atoms with Gasteiger partial charge in [-0.15, -0.1) is 0 Å². The summed E-state index contributed by atoms with van der Waals surface area (Å²) in [6.07, 6.45) is 0.0814. The van der Waals surface area contributed by atoms with Gasteiger partial charge in [0.25, 0.3) is 0 Å². The lowest BCUT2D eigenvalue weighted by Crippen LogP contribution is -2.22. The molecule has 0 amide bonds.